The first kappa shape index (κ1) is 19.9. The molecular formula is C20H12BrN3O5S. The third kappa shape index (κ3) is 3.40. The molecule has 1 amide bonds. The quantitative estimate of drug-likeness (QED) is 0.192. The van der Waals surface area contributed by atoms with Crippen LogP contribution in [-0.4, -0.2) is 26.7 Å². The number of halogens is 1. The Kier molecular flexibility index (Phi) is 5.18. The normalized spacial score (nSPS) is 18.0. The Morgan fingerprint density at radius 1 is 1.20 bits per heavy atom. The number of rotatable bonds is 4. The number of aliphatic hydroxyl groups is 1. The van der Waals surface area contributed by atoms with Crippen molar-refractivity contribution < 1.29 is 19.6 Å². The maximum absolute atomic E-state index is 12.9. The molecule has 8 nitrogen and oxygen atoms in total. The second-order valence-corrected chi connectivity index (χ2v) is 8.13. The zero-order valence-electron chi connectivity index (χ0n) is 15.1. The summed E-state index contributed by atoms with van der Waals surface area (Å²) >= 11 is 4.45. The number of anilines is 1. The average molecular weight is 486 g/mol. The number of carbonyl (C=O) groups is 2. The number of nitro benzene ring substituents is 1. The minimum absolute atomic E-state index is 0.155. The number of nitro groups is 1. The zero-order chi connectivity index (χ0) is 21.4. The van der Waals surface area contributed by atoms with E-state index in [0.29, 0.717) is 11.1 Å². The summed E-state index contributed by atoms with van der Waals surface area (Å²) in [6, 6.07) is 11.2. The number of amides is 1. The lowest BCUT2D eigenvalue weighted by atomic mass is 9.95. The van der Waals surface area contributed by atoms with Crippen LogP contribution in [0.3, 0.4) is 0 Å². The van der Waals surface area contributed by atoms with Crippen LogP contribution in [-0.2, 0) is 9.59 Å². The summed E-state index contributed by atoms with van der Waals surface area (Å²) in [4.78, 5) is 41.8. The van der Waals surface area contributed by atoms with E-state index in [1.807, 2.05) is 0 Å². The second kappa shape index (κ2) is 7.81. The van der Waals surface area contributed by atoms with Gasteiger partial charge in [-0.25, -0.2) is 4.98 Å². The molecule has 0 aliphatic carbocycles. The highest BCUT2D eigenvalue weighted by atomic mass is 79.9. The fourth-order valence-corrected chi connectivity index (χ4v) is 4.18. The van der Waals surface area contributed by atoms with Gasteiger partial charge in [0.15, 0.2) is 5.13 Å². The summed E-state index contributed by atoms with van der Waals surface area (Å²) in [5.74, 6) is -2.11. The molecule has 0 radical (unpaired) electrons. The number of benzene rings is 2. The van der Waals surface area contributed by atoms with Crippen molar-refractivity contribution >= 4 is 55.5 Å². The van der Waals surface area contributed by atoms with E-state index in [0.717, 1.165) is 20.7 Å². The fraction of sp³-hybridized carbons (Fsp3) is 0.0500. The fourth-order valence-electron chi connectivity index (χ4n) is 3.25. The molecule has 150 valence electrons. The number of nitrogens with zero attached hydrogens (tertiary/aromatic N) is 3. The van der Waals surface area contributed by atoms with Crippen LogP contribution in [0, 0.1) is 10.1 Å². The number of thiazole rings is 1. The number of Topliss-reactive ketones (excluding diaryl/α,β-unsaturated/α-hetero) is 1. The van der Waals surface area contributed by atoms with Crippen molar-refractivity contribution in [3.05, 3.63) is 91.4 Å². The number of aliphatic hydroxyl groups excluding tert-OH is 1. The lowest BCUT2D eigenvalue weighted by Gasteiger charge is -2.22. The molecule has 1 aliphatic heterocycles. The molecule has 2 aromatic carbocycles. The Morgan fingerprint density at radius 2 is 1.93 bits per heavy atom. The molecule has 0 bridgehead atoms. The van der Waals surface area contributed by atoms with Crippen LogP contribution in [0.4, 0.5) is 10.8 Å². The maximum atomic E-state index is 12.9. The number of hydrogen-bond acceptors (Lipinski definition) is 7. The van der Waals surface area contributed by atoms with E-state index in [9.17, 15) is 24.8 Å². The SMILES string of the molecule is O=C1C(=O)N(c2nccs2)[C@H](c2cccc([N+](=O)[O-])c2)/C1=C(\O)c1ccc(Br)cc1. The number of aromatic nitrogens is 1. The first-order valence-electron chi connectivity index (χ1n) is 8.59. The first-order valence-corrected chi connectivity index (χ1v) is 10.3. The Hall–Kier alpha value is -3.37. The van der Waals surface area contributed by atoms with Gasteiger partial charge in [0.05, 0.1) is 16.5 Å². The molecule has 3 aromatic rings. The average Bonchev–Trinajstić information content (AvgIpc) is 3.35. The lowest BCUT2D eigenvalue weighted by molar-refractivity contribution is -0.384. The molecule has 0 spiro atoms. The minimum Gasteiger partial charge on any atom is -0.507 e. The Bertz CT molecular complexity index is 1190. The molecular weight excluding hydrogens is 474 g/mol. The van der Waals surface area contributed by atoms with Crippen molar-refractivity contribution in [3.63, 3.8) is 0 Å². The monoisotopic (exact) mass is 485 g/mol. The van der Waals surface area contributed by atoms with Crippen molar-refractivity contribution in [2.45, 2.75) is 6.04 Å². The highest BCUT2D eigenvalue weighted by Crippen LogP contribution is 2.43. The number of hydrogen-bond donors (Lipinski definition) is 1. The molecule has 1 aliphatic rings. The number of carbonyl (C=O) groups excluding carboxylic acids is 2. The van der Waals surface area contributed by atoms with Crippen molar-refractivity contribution in [1.29, 1.82) is 0 Å². The molecule has 10 heteroatoms. The van der Waals surface area contributed by atoms with Gasteiger partial charge in [0.25, 0.3) is 11.5 Å². The Labute approximate surface area is 182 Å². The van der Waals surface area contributed by atoms with Crippen LogP contribution in [0.25, 0.3) is 5.76 Å². The molecule has 30 heavy (non-hydrogen) atoms. The summed E-state index contributed by atoms with van der Waals surface area (Å²) in [5, 5.41) is 24.1. The van der Waals surface area contributed by atoms with Crippen LogP contribution in [0.1, 0.15) is 17.2 Å². The highest BCUT2D eigenvalue weighted by molar-refractivity contribution is 9.10. The summed E-state index contributed by atoms with van der Waals surface area (Å²) in [6.45, 7) is 0. The largest absolute Gasteiger partial charge is 0.507 e. The zero-order valence-corrected chi connectivity index (χ0v) is 17.5. The van der Waals surface area contributed by atoms with Crippen molar-refractivity contribution in [3.8, 4) is 0 Å². The third-order valence-electron chi connectivity index (χ3n) is 4.58. The Morgan fingerprint density at radius 3 is 2.57 bits per heavy atom. The molecule has 1 atom stereocenters. The van der Waals surface area contributed by atoms with E-state index in [1.54, 1.807) is 35.7 Å². The van der Waals surface area contributed by atoms with E-state index in [-0.39, 0.29) is 22.2 Å². The molecule has 1 fully saturated rings. The van der Waals surface area contributed by atoms with Gasteiger partial charge in [-0.3, -0.25) is 24.6 Å². The van der Waals surface area contributed by atoms with E-state index in [4.69, 9.17) is 0 Å². The van der Waals surface area contributed by atoms with Gasteiger partial charge in [-0.2, -0.15) is 0 Å². The van der Waals surface area contributed by atoms with Gasteiger partial charge >= 0.3 is 5.91 Å². The van der Waals surface area contributed by atoms with E-state index in [2.05, 4.69) is 20.9 Å². The van der Waals surface area contributed by atoms with Gasteiger partial charge in [-0.1, -0.05) is 40.2 Å². The Balaban J connectivity index is 1.95. The molecule has 4 rings (SSSR count). The number of non-ortho nitro benzene ring substituents is 1. The summed E-state index contributed by atoms with van der Waals surface area (Å²) < 4.78 is 0.775. The van der Waals surface area contributed by atoms with Gasteiger partial charge in [-0.15, -0.1) is 11.3 Å². The standard InChI is InChI=1S/C20H12BrN3O5S/c21-13-6-4-11(5-7-13)17(25)15-16(12-2-1-3-14(10-12)24(28)29)23(19(27)18(15)26)20-22-8-9-30-20/h1-10,16,25H/b17-15+/t16-/m1/s1. The topological polar surface area (TPSA) is 114 Å². The van der Waals surface area contributed by atoms with Crippen LogP contribution in [0.2, 0.25) is 0 Å². The molecule has 0 saturated carbocycles. The third-order valence-corrected chi connectivity index (χ3v) is 5.88. The highest BCUT2D eigenvalue weighted by Gasteiger charge is 2.48. The number of ketones is 1. The summed E-state index contributed by atoms with van der Waals surface area (Å²) in [5.41, 5.74) is 0.307. The van der Waals surface area contributed by atoms with E-state index < -0.39 is 22.7 Å². The van der Waals surface area contributed by atoms with Crippen LogP contribution < -0.4 is 4.90 Å². The van der Waals surface area contributed by atoms with Crippen LogP contribution in [0.5, 0.6) is 0 Å². The predicted octanol–water partition coefficient (Wildman–Crippen LogP) is 4.44. The maximum Gasteiger partial charge on any atom is 0.301 e. The molecule has 0 unspecified atom stereocenters. The van der Waals surface area contributed by atoms with Gasteiger partial charge in [0.2, 0.25) is 0 Å². The van der Waals surface area contributed by atoms with Crippen LogP contribution in [0.15, 0.2) is 70.2 Å². The van der Waals surface area contributed by atoms with E-state index >= 15 is 0 Å². The van der Waals surface area contributed by atoms with E-state index in [1.165, 1.54) is 24.4 Å². The van der Waals surface area contributed by atoms with Crippen molar-refractivity contribution in [2.24, 2.45) is 0 Å². The van der Waals surface area contributed by atoms with Crippen LogP contribution >= 0.6 is 27.3 Å². The lowest BCUT2D eigenvalue weighted by Crippen LogP contribution is -2.29. The summed E-state index contributed by atoms with van der Waals surface area (Å²) in [7, 11) is 0. The van der Waals surface area contributed by atoms with Gasteiger partial charge in [-0.05, 0) is 17.7 Å². The first-order chi connectivity index (χ1) is 14.4. The molecule has 1 N–H and O–H groups in total. The van der Waals surface area contributed by atoms with Gasteiger partial charge in [0, 0.05) is 33.7 Å². The smallest absolute Gasteiger partial charge is 0.301 e. The second-order valence-electron chi connectivity index (χ2n) is 6.34. The molecule has 2 heterocycles. The van der Waals surface area contributed by atoms with Crippen molar-refractivity contribution in [1.82, 2.24) is 4.98 Å². The predicted molar refractivity (Wildman–Crippen MR) is 114 cm³/mol. The van der Waals surface area contributed by atoms with Gasteiger partial charge < -0.3 is 5.11 Å². The molecule has 1 saturated heterocycles. The van der Waals surface area contributed by atoms with Crippen molar-refractivity contribution in [2.75, 3.05) is 4.90 Å². The molecule has 1 aromatic heterocycles. The van der Waals surface area contributed by atoms with Gasteiger partial charge in [0.1, 0.15) is 5.76 Å². The summed E-state index contributed by atoms with van der Waals surface area (Å²) in [6.07, 6.45) is 1.48. The minimum atomic E-state index is -1.06.